The van der Waals surface area contributed by atoms with E-state index >= 15 is 0 Å². The molecule has 2 aromatic carbocycles. The molecule has 0 spiro atoms. The van der Waals surface area contributed by atoms with E-state index in [4.69, 9.17) is 11.6 Å². The molecule has 0 fully saturated rings. The molecule has 0 bridgehead atoms. The Morgan fingerprint density at radius 2 is 1.70 bits per heavy atom. The molecule has 0 aliphatic carbocycles. The molecule has 2 aromatic rings. The summed E-state index contributed by atoms with van der Waals surface area (Å²) in [5.74, 6) is -0.653. The topological polar surface area (TPSA) is 12.0 Å². The highest BCUT2D eigenvalue weighted by Crippen LogP contribution is 2.29. The van der Waals surface area contributed by atoms with E-state index in [1.165, 1.54) is 24.3 Å². The highest BCUT2D eigenvalue weighted by Gasteiger charge is 2.16. The Bertz CT molecular complexity index is 569. The van der Waals surface area contributed by atoms with Crippen LogP contribution < -0.4 is 5.32 Å². The molecule has 2 rings (SSSR count). The molecule has 0 aromatic heterocycles. The van der Waals surface area contributed by atoms with Crippen molar-refractivity contribution in [3.63, 3.8) is 0 Å². The van der Waals surface area contributed by atoms with Gasteiger partial charge in [0.25, 0.3) is 0 Å². The molecule has 0 aliphatic rings. The van der Waals surface area contributed by atoms with Gasteiger partial charge in [-0.25, -0.2) is 8.78 Å². The van der Waals surface area contributed by atoms with Crippen molar-refractivity contribution in [3.05, 3.63) is 70.2 Å². The van der Waals surface area contributed by atoms with Crippen molar-refractivity contribution in [3.8, 4) is 0 Å². The highest BCUT2D eigenvalue weighted by molar-refractivity contribution is 6.31. The Hall–Kier alpha value is -1.45. The monoisotopic (exact) mass is 295 g/mol. The van der Waals surface area contributed by atoms with Gasteiger partial charge in [0.2, 0.25) is 0 Å². The van der Waals surface area contributed by atoms with Crippen molar-refractivity contribution in [1.29, 1.82) is 0 Å². The summed E-state index contributed by atoms with van der Waals surface area (Å²) in [7, 11) is 0. The fourth-order valence-corrected chi connectivity index (χ4v) is 2.36. The predicted octanol–water partition coefficient (Wildman–Crippen LogP) is 4.71. The van der Waals surface area contributed by atoms with Crippen LogP contribution in [0.15, 0.2) is 42.5 Å². The lowest BCUT2D eigenvalue weighted by Gasteiger charge is -2.21. The molecule has 106 valence electrons. The van der Waals surface area contributed by atoms with E-state index in [0.29, 0.717) is 5.02 Å². The molecular weight excluding hydrogens is 280 g/mol. The van der Waals surface area contributed by atoms with Crippen molar-refractivity contribution in [2.24, 2.45) is 0 Å². The summed E-state index contributed by atoms with van der Waals surface area (Å²) in [4.78, 5) is 0. The second-order valence-corrected chi connectivity index (χ2v) is 5.01. The summed E-state index contributed by atoms with van der Waals surface area (Å²) >= 11 is 6.13. The average molecular weight is 296 g/mol. The van der Waals surface area contributed by atoms with Gasteiger partial charge in [-0.15, -0.1) is 0 Å². The zero-order chi connectivity index (χ0) is 14.5. The first-order chi connectivity index (χ1) is 9.61. The number of rotatable bonds is 5. The van der Waals surface area contributed by atoms with Crippen LogP contribution in [0, 0.1) is 11.6 Å². The van der Waals surface area contributed by atoms with Crippen molar-refractivity contribution < 1.29 is 8.78 Å². The standard InChI is InChI=1S/C16H16ClF2N/c1-2-9-20-16(11-3-5-12(18)6-4-11)14-8-7-13(19)10-15(14)17/h3-8,10,16,20H,2,9H2,1H3. The van der Waals surface area contributed by atoms with Crippen molar-refractivity contribution >= 4 is 11.6 Å². The summed E-state index contributed by atoms with van der Waals surface area (Å²) < 4.78 is 26.2. The van der Waals surface area contributed by atoms with E-state index < -0.39 is 0 Å². The second kappa shape index (κ2) is 6.82. The summed E-state index contributed by atoms with van der Waals surface area (Å²) in [6.07, 6.45) is 0.955. The molecule has 0 saturated carbocycles. The van der Waals surface area contributed by atoms with Gasteiger partial charge < -0.3 is 5.32 Å². The van der Waals surface area contributed by atoms with E-state index in [1.807, 2.05) is 0 Å². The lowest BCUT2D eigenvalue weighted by Crippen LogP contribution is -2.23. The predicted molar refractivity (Wildman–Crippen MR) is 77.9 cm³/mol. The molecule has 1 unspecified atom stereocenters. The smallest absolute Gasteiger partial charge is 0.124 e. The minimum absolute atomic E-state index is 0.177. The first-order valence-electron chi connectivity index (χ1n) is 6.55. The second-order valence-electron chi connectivity index (χ2n) is 4.60. The molecule has 0 amide bonds. The normalized spacial score (nSPS) is 12.4. The van der Waals surface area contributed by atoms with Crippen LogP contribution in [0.2, 0.25) is 5.02 Å². The molecule has 1 nitrogen and oxygen atoms in total. The average Bonchev–Trinajstić information content (AvgIpc) is 2.42. The summed E-state index contributed by atoms with van der Waals surface area (Å²) in [5.41, 5.74) is 1.68. The lowest BCUT2D eigenvalue weighted by molar-refractivity contribution is 0.589. The van der Waals surface area contributed by atoms with Crippen LogP contribution in [0.3, 0.4) is 0 Å². The van der Waals surface area contributed by atoms with Crippen LogP contribution in [0.25, 0.3) is 0 Å². The van der Waals surface area contributed by atoms with Crippen LogP contribution in [-0.4, -0.2) is 6.54 Å². The number of hydrogen-bond acceptors (Lipinski definition) is 1. The van der Waals surface area contributed by atoms with Gasteiger partial charge in [-0.3, -0.25) is 0 Å². The third-order valence-electron chi connectivity index (χ3n) is 3.08. The van der Waals surface area contributed by atoms with E-state index in [9.17, 15) is 8.78 Å². The largest absolute Gasteiger partial charge is 0.306 e. The van der Waals surface area contributed by atoms with E-state index in [1.54, 1.807) is 18.2 Å². The van der Waals surface area contributed by atoms with Gasteiger partial charge in [0.1, 0.15) is 11.6 Å². The molecule has 1 atom stereocenters. The zero-order valence-corrected chi connectivity index (χ0v) is 11.9. The maximum absolute atomic E-state index is 13.2. The molecule has 4 heteroatoms. The van der Waals surface area contributed by atoms with E-state index in [2.05, 4.69) is 12.2 Å². The third-order valence-corrected chi connectivity index (χ3v) is 3.40. The summed E-state index contributed by atoms with van der Waals surface area (Å²) in [6, 6.07) is 10.4. The van der Waals surface area contributed by atoms with Gasteiger partial charge in [0.15, 0.2) is 0 Å². The fraction of sp³-hybridized carbons (Fsp3) is 0.250. The number of nitrogens with one attached hydrogen (secondary N) is 1. The minimum atomic E-state index is -0.368. The lowest BCUT2D eigenvalue weighted by atomic mass is 9.98. The Morgan fingerprint density at radius 1 is 1.05 bits per heavy atom. The third kappa shape index (κ3) is 3.56. The van der Waals surface area contributed by atoms with Gasteiger partial charge in [-0.1, -0.05) is 36.7 Å². The van der Waals surface area contributed by atoms with Gasteiger partial charge in [0, 0.05) is 5.02 Å². The first kappa shape index (κ1) is 14.9. The highest BCUT2D eigenvalue weighted by atomic mass is 35.5. The Morgan fingerprint density at radius 3 is 2.30 bits per heavy atom. The van der Waals surface area contributed by atoms with E-state index in [0.717, 1.165) is 24.1 Å². The van der Waals surface area contributed by atoms with Crippen LogP contribution in [0.4, 0.5) is 8.78 Å². The quantitative estimate of drug-likeness (QED) is 0.842. The number of halogens is 3. The fourth-order valence-electron chi connectivity index (χ4n) is 2.09. The molecule has 20 heavy (non-hydrogen) atoms. The van der Waals surface area contributed by atoms with Crippen molar-refractivity contribution in [2.45, 2.75) is 19.4 Å². The summed E-state index contributed by atoms with van der Waals surface area (Å²) in [6.45, 7) is 2.84. The van der Waals surface area contributed by atoms with Gasteiger partial charge >= 0.3 is 0 Å². The molecule has 0 aliphatic heterocycles. The SMILES string of the molecule is CCCNC(c1ccc(F)cc1)c1ccc(F)cc1Cl. The van der Waals surface area contributed by atoms with Gasteiger partial charge in [-0.05, 0) is 48.4 Å². The first-order valence-corrected chi connectivity index (χ1v) is 6.93. The molecule has 0 heterocycles. The van der Waals surface area contributed by atoms with Crippen molar-refractivity contribution in [2.75, 3.05) is 6.54 Å². The Labute approximate surface area is 122 Å². The van der Waals surface area contributed by atoms with Crippen LogP contribution in [0.1, 0.15) is 30.5 Å². The van der Waals surface area contributed by atoms with Crippen molar-refractivity contribution in [1.82, 2.24) is 5.32 Å². The molecule has 0 saturated heterocycles. The van der Waals surface area contributed by atoms with Crippen LogP contribution >= 0.6 is 11.6 Å². The molecule has 0 radical (unpaired) electrons. The zero-order valence-electron chi connectivity index (χ0n) is 11.2. The Kier molecular flexibility index (Phi) is 5.10. The number of benzene rings is 2. The van der Waals surface area contributed by atoms with Gasteiger partial charge in [0.05, 0.1) is 6.04 Å². The van der Waals surface area contributed by atoms with Crippen LogP contribution in [-0.2, 0) is 0 Å². The maximum Gasteiger partial charge on any atom is 0.124 e. The van der Waals surface area contributed by atoms with Gasteiger partial charge in [-0.2, -0.15) is 0 Å². The maximum atomic E-state index is 13.2. The minimum Gasteiger partial charge on any atom is -0.306 e. The Balaban J connectivity index is 2.38. The summed E-state index contributed by atoms with van der Waals surface area (Å²) in [5, 5.41) is 3.72. The number of hydrogen-bond donors (Lipinski definition) is 1. The van der Waals surface area contributed by atoms with E-state index in [-0.39, 0.29) is 17.7 Å². The molecular formula is C16H16ClF2N. The van der Waals surface area contributed by atoms with Crippen LogP contribution in [0.5, 0.6) is 0 Å². The molecule has 1 N–H and O–H groups in total.